The van der Waals surface area contributed by atoms with Gasteiger partial charge in [-0.25, -0.2) is 8.42 Å². The Morgan fingerprint density at radius 3 is 2.77 bits per heavy atom. The van der Waals surface area contributed by atoms with Gasteiger partial charge in [0.05, 0.1) is 10.6 Å². The number of benzene rings is 2. The molecule has 0 aliphatic carbocycles. The third kappa shape index (κ3) is 2.15. The van der Waals surface area contributed by atoms with Crippen LogP contribution in [0.3, 0.4) is 0 Å². The van der Waals surface area contributed by atoms with Crippen molar-refractivity contribution in [3.63, 3.8) is 0 Å². The van der Waals surface area contributed by atoms with Gasteiger partial charge in [-0.15, -0.1) is 0 Å². The van der Waals surface area contributed by atoms with Crippen LogP contribution in [0, 0.1) is 0 Å². The van der Waals surface area contributed by atoms with Crippen molar-refractivity contribution in [2.24, 2.45) is 0 Å². The summed E-state index contributed by atoms with van der Waals surface area (Å²) in [6.45, 7) is 0.107. The van der Waals surface area contributed by atoms with Gasteiger partial charge in [-0.2, -0.15) is 0 Å². The molecule has 3 aromatic rings. The smallest absolute Gasteiger partial charge is 0.262 e. The molecule has 1 aliphatic heterocycles. The van der Waals surface area contributed by atoms with Crippen molar-refractivity contribution < 1.29 is 17.9 Å². The van der Waals surface area contributed by atoms with Crippen LogP contribution in [0.2, 0.25) is 0 Å². The Bertz CT molecular complexity index is 963. The zero-order valence-electron chi connectivity index (χ0n) is 11.4. The van der Waals surface area contributed by atoms with Crippen molar-refractivity contribution in [3.8, 4) is 11.5 Å². The summed E-state index contributed by atoms with van der Waals surface area (Å²) in [5.74, 6) is 0.981. The maximum Gasteiger partial charge on any atom is 0.262 e. The van der Waals surface area contributed by atoms with Gasteiger partial charge < -0.3 is 14.5 Å². The van der Waals surface area contributed by atoms with Gasteiger partial charge >= 0.3 is 0 Å². The fourth-order valence-corrected chi connectivity index (χ4v) is 3.43. The third-order valence-electron chi connectivity index (χ3n) is 3.46. The molecule has 0 amide bonds. The zero-order chi connectivity index (χ0) is 15.2. The lowest BCUT2D eigenvalue weighted by Gasteiger charge is -2.09. The van der Waals surface area contributed by atoms with Crippen LogP contribution in [-0.2, 0) is 10.0 Å². The van der Waals surface area contributed by atoms with E-state index >= 15 is 0 Å². The van der Waals surface area contributed by atoms with Gasteiger partial charge in [0.2, 0.25) is 6.79 Å². The summed E-state index contributed by atoms with van der Waals surface area (Å²) in [6.07, 6.45) is 1.81. The Kier molecular flexibility index (Phi) is 2.77. The largest absolute Gasteiger partial charge is 0.454 e. The number of rotatable bonds is 3. The maximum absolute atomic E-state index is 12.5. The van der Waals surface area contributed by atoms with Crippen LogP contribution >= 0.6 is 0 Å². The van der Waals surface area contributed by atoms with E-state index in [9.17, 15) is 8.42 Å². The number of H-pyrrole nitrogens is 1. The second kappa shape index (κ2) is 4.67. The van der Waals surface area contributed by atoms with Crippen LogP contribution in [0.5, 0.6) is 11.5 Å². The van der Waals surface area contributed by atoms with Gasteiger partial charge in [0.15, 0.2) is 11.5 Å². The van der Waals surface area contributed by atoms with Crippen LogP contribution in [0.15, 0.2) is 53.6 Å². The zero-order valence-corrected chi connectivity index (χ0v) is 12.2. The van der Waals surface area contributed by atoms with Gasteiger partial charge in [0, 0.05) is 17.8 Å². The molecule has 1 aromatic heterocycles. The number of anilines is 1. The molecule has 112 valence electrons. The monoisotopic (exact) mass is 316 g/mol. The van der Waals surface area contributed by atoms with Gasteiger partial charge in [0.25, 0.3) is 10.0 Å². The third-order valence-corrected chi connectivity index (χ3v) is 4.84. The second-order valence-electron chi connectivity index (χ2n) is 4.90. The molecule has 0 bridgehead atoms. The van der Waals surface area contributed by atoms with Crippen molar-refractivity contribution >= 4 is 26.6 Å². The lowest BCUT2D eigenvalue weighted by molar-refractivity contribution is 0.174. The highest BCUT2D eigenvalue weighted by atomic mass is 32.2. The Morgan fingerprint density at radius 1 is 1.00 bits per heavy atom. The molecule has 0 spiro atoms. The highest BCUT2D eigenvalue weighted by Crippen LogP contribution is 2.34. The summed E-state index contributed by atoms with van der Waals surface area (Å²) in [6, 6.07) is 11.8. The van der Waals surface area contributed by atoms with Crippen LogP contribution in [0.4, 0.5) is 5.69 Å². The Hall–Kier alpha value is -2.67. The number of fused-ring (bicyclic) bond motifs is 2. The molecule has 0 radical (unpaired) electrons. The molecule has 0 unspecified atom stereocenters. The topological polar surface area (TPSA) is 80.4 Å². The van der Waals surface area contributed by atoms with E-state index in [0.717, 1.165) is 10.9 Å². The number of ether oxygens (including phenoxy) is 2. The van der Waals surface area contributed by atoms with Crippen LogP contribution in [0.25, 0.3) is 10.9 Å². The van der Waals surface area contributed by atoms with E-state index < -0.39 is 10.0 Å². The number of hydrogen-bond donors (Lipinski definition) is 2. The van der Waals surface area contributed by atoms with Crippen molar-refractivity contribution in [2.75, 3.05) is 11.5 Å². The normalized spacial score (nSPS) is 13.5. The summed E-state index contributed by atoms with van der Waals surface area (Å²) in [4.78, 5) is 3.18. The number of aromatic nitrogens is 1. The van der Waals surface area contributed by atoms with E-state index in [1.54, 1.807) is 24.4 Å². The average Bonchev–Trinajstić information content (AvgIpc) is 3.14. The first-order valence-corrected chi connectivity index (χ1v) is 8.10. The number of aromatic amines is 1. The molecule has 1 aliphatic rings. The summed E-state index contributed by atoms with van der Waals surface area (Å²) < 4.78 is 37.9. The highest BCUT2D eigenvalue weighted by molar-refractivity contribution is 7.92. The quantitative estimate of drug-likeness (QED) is 0.778. The molecule has 22 heavy (non-hydrogen) atoms. The van der Waals surface area contributed by atoms with E-state index in [2.05, 4.69) is 9.71 Å². The predicted molar refractivity (Wildman–Crippen MR) is 81.7 cm³/mol. The average molecular weight is 316 g/mol. The minimum atomic E-state index is -3.69. The lowest BCUT2D eigenvalue weighted by atomic mass is 10.2. The van der Waals surface area contributed by atoms with Gasteiger partial charge in [-0.3, -0.25) is 4.72 Å². The van der Waals surface area contributed by atoms with E-state index in [-0.39, 0.29) is 11.7 Å². The standard InChI is InChI=1S/C15H12N2O4S/c18-22(19,12-3-4-14-15(8-12)21-9-20-14)17-11-2-1-10-5-6-16-13(10)7-11/h1-8,16-17H,9H2. The van der Waals surface area contributed by atoms with Crippen LogP contribution in [-0.4, -0.2) is 20.2 Å². The predicted octanol–water partition coefficient (Wildman–Crippen LogP) is 2.70. The summed E-state index contributed by atoms with van der Waals surface area (Å²) >= 11 is 0. The Balaban J connectivity index is 1.68. The highest BCUT2D eigenvalue weighted by Gasteiger charge is 2.20. The Labute approximate surface area is 126 Å². The minimum Gasteiger partial charge on any atom is -0.454 e. The first-order chi connectivity index (χ1) is 10.6. The molecule has 0 atom stereocenters. The molecule has 0 saturated heterocycles. The molecule has 7 heteroatoms. The number of sulfonamides is 1. The molecule has 2 heterocycles. The number of nitrogens with one attached hydrogen (secondary N) is 2. The number of hydrogen-bond acceptors (Lipinski definition) is 4. The first-order valence-electron chi connectivity index (χ1n) is 6.61. The molecule has 2 N–H and O–H groups in total. The van der Waals surface area contributed by atoms with E-state index in [1.807, 2.05) is 12.1 Å². The second-order valence-corrected chi connectivity index (χ2v) is 6.58. The van der Waals surface area contributed by atoms with Crippen molar-refractivity contribution in [3.05, 3.63) is 48.7 Å². The van der Waals surface area contributed by atoms with Crippen LogP contribution in [0.1, 0.15) is 0 Å². The van der Waals surface area contributed by atoms with E-state index in [0.29, 0.717) is 17.2 Å². The van der Waals surface area contributed by atoms with Gasteiger partial charge in [-0.1, -0.05) is 6.07 Å². The van der Waals surface area contributed by atoms with Crippen molar-refractivity contribution in [2.45, 2.75) is 4.90 Å². The van der Waals surface area contributed by atoms with Crippen molar-refractivity contribution in [1.29, 1.82) is 0 Å². The Morgan fingerprint density at radius 2 is 1.86 bits per heavy atom. The molecular weight excluding hydrogens is 304 g/mol. The molecule has 2 aromatic carbocycles. The summed E-state index contributed by atoms with van der Waals surface area (Å²) in [7, 11) is -3.69. The van der Waals surface area contributed by atoms with Gasteiger partial charge in [0.1, 0.15) is 0 Å². The fraction of sp³-hybridized carbons (Fsp3) is 0.0667. The molecular formula is C15H12N2O4S. The molecule has 0 fully saturated rings. The maximum atomic E-state index is 12.5. The summed E-state index contributed by atoms with van der Waals surface area (Å²) in [5, 5.41) is 1.02. The molecule has 6 nitrogen and oxygen atoms in total. The lowest BCUT2D eigenvalue weighted by Crippen LogP contribution is -2.12. The fourth-order valence-electron chi connectivity index (χ4n) is 2.37. The van der Waals surface area contributed by atoms with Crippen molar-refractivity contribution in [1.82, 2.24) is 4.98 Å². The van der Waals surface area contributed by atoms with Crippen LogP contribution < -0.4 is 14.2 Å². The molecule has 0 saturated carbocycles. The van der Waals surface area contributed by atoms with Gasteiger partial charge in [-0.05, 0) is 35.7 Å². The summed E-state index contributed by atoms with van der Waals surface area (Å²) in [5.41, 5.74) is 1.36. The first kappa shape index (κ1) is 13.0. The van der Waals surface area contributed by atoms with E-state index in [4.69, 9.17) is 9.47 Å². The SMILES string of the molecule is O=S(=O)(Nc1ccc2cc[nH]c2c1)c1ccc2c(c1)OCO2. The minimum absolute atomic E-state index is 0.107. The molecule has 4 rings (SSSR count). The van der Waals surface area contributed by atoms with E-state index in [1.165, 1.54) is 12.1 Å².